The van der Waals surface area contributed by atoms with E-state index >= 15 is 0 Å². The molecule has 2 saturated heterocycles. The van der Waals surface area contributed by atoms with E-state index in [2.05, 4.69) is 29.7 Å². The summed E-state index contributed by atoms with van der Waals surface area (Å²) in [6.45, 7) is 6.48. The van der Waals surface area contributed by atoms with Gasteiger partial charge in [-0.05, 0) is 74.2 Å². The lowest BCUT2D eigenvalue weighted by atomic mass is 9.96. The number of hydrogen-bond donors (Lipinski definition) is 1. The van der Waals surface area contributed by atoms with E-state index in [0.717, 1.165) is 24.3 Å². The van der Waals surface area contributed by atoms with Crippen LogP contribution in [-0.4, -0.2) is 50.4 Å². The maximum atomic E-state index is 15.0. The van der Waals surface area contributed by atoms with Crippen molar-refractivity contribution in [1.29, 1.82) is 0 Å². The van der Waals surface area contributed by atoms with Crippen LogP contribution in [0.2, 0.25) is 5.02 Å². The van der Waals surface area contributed by atoms with E-state index < -0.39 is 5.82 Å². The van der Waals surface area contributed by atoms with Crippen molar-refractivity contribution in [3.8, 4) is 33.7 Å². The molecule has 2 bridgehead atoms. The maximum absolute atomic E-state index is 15.0. The molecule has 2 aliphatic rings. The minimum Gasteiger partial charge on any atom is -0.507 e. The van der Waals surface area contributed by atoms with E-state index in [0.29, 0.717) is 45.5 Å². The van der Waals surface area contributed by atoms with E-state index in [9.17, 15) is 14.3 Å². The van der Waals surface area contributed by atoms with Gasteiger partial charge in [-0.3, -0.25) is 9.47 Å². The van der Waals surface area contributed by atoms with E-state index in [4.69, 9.17) is 11.6 Å². The van der Waals surface area contributed by atoms with Crippen molar-refractivity contribution in [1.82, 2.24) is 14.0 Å². The zero-order valence-corrected chi connectivity index (χ0v) is 23.1. The number of phenols is 1. The lowest BCUT2D eigenvalue weighted by molar-refractivity contribution is 0.129. The number of aryl methyl sites for hydroxylation is 1. The van der Waals surface area contributed by atoms with Crippen molar-refractivity contribution < 1.29 is 9.50 Å². The predicted octanol–water partition coefficient (Wildman–Crippen LogP) is 6.07. The largest absolute Gasteiger partial charge is 0.507 e. The van der Waals surface area contributed by atoms with Crippen molar-refractivity contribution in [2.45, 2.75) is 44.8 Å². The molecule has 2 fully saturated rings. The molecule has 39 heavy (non-hydrogen) atoms. The van der Waals surface area contributed by atoms with Crippen LogP contribution in [0, 0.1) is 5.82 Å². The second-order valence-electron chi connectivity index (χ2n) is 11.0. The topological polar surface area (TPSA) is 53.6 Å². The van der Waals surface area contributed by atoms with Crippen LogP contribution in [-0.2, 0) is 7.05 Å². The molecule has 3 aromatic carbocycles. The van der Waals surface area contributed by atoms with Crippen molar-refractivity contribution in [2.75, 3.05) is 18.0 Å². The minimum absolute atomic E-state index is 0.0149. The van der Waals surface area contributed by atoms with Crippen LogP contribution >= 0.6 is 11.6 Å². The Hall–Kier alpha value is -3.55. The molecule has 0 spiro atoms. The third-order valence-electron chi connectivity index (χ3n) is 8.20. The minimum atomic E-state index is -0.453. The van der Waals surface area contributed by atoms with Gasteiger partial charge in [0, 0.05) is 67.5 Å². The van der Waals surface area contributed by atoms with Crippen LogP contribution in [0.25, 0.3) is 27.9 Å². The Kier molecular flexibility index (Phi) is 6.52. The average Bonchev–Trinajstić information content (AvgIpc) is 3.39. The molecule has 3 heterocycles. The summed E-state index contributed by atoms with van der Waals surface area (Å²) >= 11 is 6.56. The molecule has 1 aromatic heterocycles. The number of fused-ring (bicyclic) bond motifs is 2. The molecule has 2 atom stereocenters. The number of benzene rings is 3. The van der Waals surface area contributed by atoms with E-state index in [-0.39, 0.29) is 11.4 Å². The van der Waals surface area contributed by atoms with Crippen LogP contribution in [0.3, 0.4) is 0 Å². The second kappa shape index (κ2) is 9.88. The summed E-state index contributed by atoms with van der Waals surface area (Å²) in [6.07, 6.45) is 5.73. The highest BCUT2D eigenvalue weighted by Gasteiger charge is 2.41. The number of nitrogens with zero attached hydrogens (tertiary/aromatic N) is 4. The summed E-state index contributed by atoms with van der Waals surface area (Å²) in [4.78, 5) is 17.4. The number of hydrogen-bond acceptors (Lipinski definition) is 4. The second-order valence-corrected chi connectivity index (χ2v) is 11.4. The molecule has 0 aliphatic carbocycles. The average molecular weight is 547 g/mol. The number of halogens is 2. The Bertz CT molecular complexity index is 1600. The van der Waals surface area contributed by atoms with Crippen LogP contribution in [0.1, 0.15) is 26.7 Å². The molecule has 2 unspecified atom stereocenters. The summed E-state index contributed by atoms with van der Waals surface area (Å²) < 4.78 is 17.9. The smallest absolute Gasteiger partial charge is 0.332 e. The fraction of sp³-hybridized carbons (Fsp3) is 0.323. The number of rotatable bonds is 5. The highest BCUT2D eigenvalue weighted by Crippen LogP contribution is 2.42. The standard InChI is InChI=1S/C31H32ClFN4O2/c1-19(2)37-24-8-9-25(37)18-35(17-24)23-6-4-5-20(13-23)26-15-22(33)16-27(30(26)38)21-7-10-29(28(32)14-21)36-12-11-34(3)31(36)39/h4-7,10-16,19,24-25,38H,8-9,17-18H2,1-3H3. The molecule has 0 amide bonds. The fourth-order valence-corrected chi connectivity index (χ4v) is 6.69. The predicted molar refractivity (Wildman–Crippen MR) is 155 cm³/mol. The van der Waals surface area contributed by atoms with Crippen LogP contribution < -0.4 is 10.6 Å². The summed E-state index contributed by atoms with van der Waals surface area (Å²) in [5.74, 6) is -0.467. The van der Waals surface area contributed by atoms with Crippen LogP contribution in [0.5, 0.6) is 5.75 Å². The molecule has 4 aromatic rings. The number of aromatic hydroxyl groups is 1. The van der Waals surface area contributed by atoms with Gasteiger partial charge in [-0.2, -0.15) is 0 Å². The van der Waals surface area contributed by atoms with Crippen LogP contribution in [0.15, 0.2) is 71.8 Å². The number of aromatic nitrogens is 2. The highest BCUT2D eigenvalue weighted by molar-refractivity contribution is 6.32. The van der Waals surface area contributed by atoms with Gasteiger partial charge in [-0.25, -0.2) is 9.18 Å². The van der Waals surface area contributed by atoms with Crippen LogP contribution in [0.4, 0.5) is 10.1 Å². The van der Waals surface area contributed by atoms with Crippen molar-refractivity contribution in [3.63, 3.8) is 0 Å². The maximum Gasteiger partial charge on any atom is 0.332 e. The Labute approximate surface area is 232 Å². The molecule has 202 valence electrons. The fourth-order valence-electron chi connectivity index (χ4n) is 6.42. The highest BCUT2D eigenvalue weighted by atomic mass is 35.5. The number of piperazine rings is 1. The summed E-state index contributed by atoms with van der Waals surface area (Å²) in [7, 11) is 1.66. The van der Waals surface area contributed by atoms with E-state index in [1.165, 1.54) is 34.1 Å². The molecule has 0 radical (unpaired) electrons. The van der Waals surface area contributed by atoms with Gasteiger partial charge < -0.3 is 14.6 Å². The lowest BCUT2D eigenvalue weighted by Gasteiger charge is -2.44. The Morgan fingerprint density at radius 2 is 1.62 bits per heavy atom. The van der Waals surface area contributed by atoms with Gasteiger partial charge in [0.25, 0.3) is 0 Å². The van der Waals surface area contributed by atoms with Gasteiger partial charge in [0.2, 0.25) is 0 Å². The van der Waals surface area contributed by atoms with E-state index in [1.54, 1.807) is 37.6 Å². The van der Waals surface area contributed by atoms with Gasteiger partial charge in [0.05, 0.1) is 10.7 Å². The molecule has 8 heteroatoms. The first-order valence-corrected chi connectivity index (χ1v) is 13.8. The summed E-state index contributed by atoms with van der Waals surface area (Å²) in [5, 5.41) is 11.7. The lowest BCUT2D eigenvalue weighted by Crippen LogP contribution is -2.56. The van der Waals surface area contributed by atoms with Crippen molar-refractivity contribution in [3.05, 3.63) is 88.3 Å². The normalized spacial score (nSPS) is 19.3. The van der Waals surface area contributed by atoms with Crippen molar-refractivity contribution in [2.24, 2.45) is 7.05 Å². The Morgan fingerprint density at radius 1 is 0.949 bits per heavy atom. The third kappa shape index (κ3) is 4.53. The van der Waals surface area contributed by atoms with Gasteiger partial charge in [0.1, 0.15) is 11.6 Å². The first-order valence-electron chi connectivity index (χ1n) is 13.4. The quantitative estimate of drug-likeness (QED) is 0.330. The Balaban J connectivity index is 1.34. The van der Waals surface area contributed by atoms with Gasteiger partial charge in [-0.15, -0.1) is 0 Å². The zero-order chi connectivity index (χ0) is 27.4. The number of phenolic OH excluding ortho intramolecular Hbond substituents is 1. The van der Waals surface area contributed by atoms with Gasteiger partial charge in [0.15, 0.2) is 0 Å². The molecular formula is C31H32ClFN4O2. The summed E-state index contributed by atoms with van der Waals surface area (Å²) in [5.41, 5.74) is 3.45. The zero-order valence-electron chi connectivity index (χ0n) is 22.3. The summed E-state index contributed by atoms with van der Waals surface area (Å²) in [6, 6.07) is 17.4. The SMILES string of the molecule is CC(C)N1C2CCC1CN(c1cccc(-c3cc(F)cc(-c4ccc(-n5ccn(C)c5=O)c(Cl)c4)c3O)c1)C2. The molecule has 0 saturated carbocycles. The Morgan fingerprint density at radius 3 is 2.21 bits per heavy atom. The monoisotopic (exact) mass is 546 g/mol. The molecule has 1 N–H and O–H groups in total. The van der Waals surface area contributed by atoms with Gasteiger partial charge >= 0.3 is 5.69 Å². The number of imidazole rings is 1. The molecule has 6 rings (SSSR count). The molecular weight excluding hydrogens is 515 g/mol. The molecule has 6 nitrogen and oxygen atoms in total. The first kappa shape index (κ1) is 25.7. The number of anilines is 1. The van der Waals surface area contributed by atoms with Gasteiger partial charge in [-0.1, -0.05) is 29.8 Å². The first-order chi connectivity index (χ1) is 18.7. The van der Waals surface area contributed by atoms with E-state index in [1.807, 2.05) is 18.2 Å². The molecule has 2 aliphatic heterocycles. The van der Waals surface area contributed by atoms with Crippen molar-refractivity contribution >= 4 is 17.3 Å². The third-order valence-corrected chi connectivity index (χ3v) is 8.50.